The molecule has 1 aromatic rings. The van der Waals surface area contributed by atoms with Crippen LogP contribution in [0.4, 0.5) is 5.00 Å². The van der Waals surface area contributed by atoms with Crippen LogP contribution >= 0.6 is 11.3 Å². The second kappa shape index (κ2) is 7.28. The molecule has 0 fully saturated rings. The minimum absolute atomic E-state index is 0.360. The lowest BCUT2D eigenvalue weighted by Crippen LogP contribution is -2.04. The molecule has 1 N–H and O–H groups in total. The number of carbonyl (C=O) groups excluding carboxylic acids is 1. The lowest BCUT2D eigenvalue weighted by molar-refractivity contribution is -0.137. The van der Waals surface area contributed by atoms with Crippen LogP contribution in [0.1, 0.15) is 49.1 Å². The summed E-state index contributed by atoms with van der Waals surface area (Å²) in [4.78, 5) is 12.8. The van der Waals surface area contributed by atoms with Crippen molar-refractivity contribution in [3.8, 4) is 6.07 Å². The Morgan fingerprint density at radius 3 is 2.90 bits per heavy atom. The van der Waals surface area contributed by atoms with Gasteiger partial charge in [-0.1, -0.05) is 6.42 Å². The number of esters is 1. The van der Waals surface area contributed by atoms with Gasteiger partial charge in [-0.3, -0.25) is 0 Å². The van der Waals surface area contributed by atoms with E-state index in [1.165, 1.54) is 29.4 Å². The zero-order valence-electron chi connectivity index (χ0n) is 12.5. The number of nitrogens with one attached hydrogen (secondary N) is 1. The summed E-state index contributed by atoms with van der Waals surface area (Å²) in [5.41, 5.74) is 2.64. The molecule has 0 amide bonds. The fraction of sp³-hybridized carbons (Fsp3) is 0.500. The maximum Gasteiger partial charge on any atom is 0.332 e. The summed E-state index contributed by atoms with van der Waals surface area (Å²) in [6.07, 6.45) is 7.03. The molecule has 112 valence electrons. The van der Waals surface area contributed by atoms with Gasteiger partial charge in [0.2, 0.25) is 0 Å². The number of aryl methyl sites for hydroxylation is 1. The molecule has 21 heavy (non-hydrogen) atoms. The fourth-order valence-corrected chi connectivity index (χ4v) is 3.83. The number of nitrogens with zero attached hydrogens (tertiary/aromatic N) is 1. The number of anilines is 1. The highest BCUT2D eigenvalue weighted by Crippen LogP contribution is 2.37. The monoisotopic (exact) mass is 304 g/mol. The molecule has 0 radical (unpaired) electrons. The SMILES string of the molecule is CCOC(=O)/C=C(\C)Nc1sc2c(c1C#N)CCCCC2. The Balaban J connectivity index is 2.21. The van der Waals surface area contributed by atoms with E-state index >= 15 is 0 Å². The largest absolute Gasteiger partial charge is 0.463 e. The number of hydrogen-bond donors (Lipinski definition) is 1. The van der Waals surface area contributed by atoms with Gasteiger partial charge in [0.25, 0.3) is 0 Å². The first-order chi connectivity index (χ1) is 10.2. The van der Waals surface area contributed by atoms with Gasteiger partial charge in [-0.15, -0.1) is 11.3 Å². The molecular weight excluding hydrogens is 284 g/mol. The summed E-state index contributed by atoms with van der Waals surface area (Å²) in [6.45, 7) is 3.95. The Morgan fingerprint density at radius 2 is 2.19 bits per heavy atom. The molecule has 5 heteroatoms. The molecular formula is C16H20N2O2S. The van der Waals surface area contributed by atoms with Gasteiger partial charge in [-0.05, 0) is 45.1 Å². The van der Waals surface area contributed by atoms with Crippen LogP contribution in [-0.2, 0) is 22.4 Å². The molecule has 0 atom stereocenters. The summed E-state index contributed by atoms with van der Waals surface area (Å²) in [5.74, 6) is -0.362. The summed E-state index contributed by atoms with van der Waals surface area (Å²) >= 11 is 1.64. The minimum atomic E-state index is -0.362. The smallest absolute Gasteiger partial charge is 0.332 e. The number of rotatable bonds is 4. The van der Waals surface area contributed by atoms with Crippen molar-refractivity contribution in [2.75, 3.05) is 11.9 Å². The molecule has 0 aromatic carbocycles. The average molecular weight is 304 g/mol. The number of carbonyl (C=O) groups is 1. The molecule has 0 bridgehead atoms. The molecule has 0 saturated heterocycles. The van der Waals surface area contributed by atoms with E-state index in [0.29, 0.717) is 12.3 Å². The van der Waals surface area contributed by atoms with Crippen molar-refractivity contribution in [2.24, 2.45) is 0 Å². The van der Waals surface area contributed by atoms with Crippen LogP contribution in [0.3, 0.4) is 0 Å². The van der Waals surface area contributed by atoms with Crippen LogP contribution in [0.2, 0.25) is 0 Å². The maximum atomic E-state index is 11.4. The normalized spacial score (nSPS) is 14.8. The van der Waals surface area contributed by atoms with Crippen molar-refractivity contribution in [1.29, 1.82) is 5.26 Å². The third-order valence-corrected chi connectivity index (χ3v) is 4.67. The summed E-state index contributed by atoms with van der Waals surface area (Å²) in [7, 11) is 0. The number of ether oxygens (including phenoxy) is 1. The van der Waals surface area contributed by atoms with E-state index in [1.807, 2.05) is 6.92 Å². The van der Waals surface area contributed by atoms with Crippen LogP contribution in [0.15, 0.2) is 11.8 Å². The third-order valence-electron chi connectivity index (χ3n) is 3.46. The lowest BCUT2D eigenvalue weighted by atomic mass is 10.1. The summed E-state index contributed by atoms with van der Waals surface area (Å²) in [6, 6.07) is 2.32. The third kappa shape index (κ3) is 3.85. The molecule has 0 spiro atoms. The zero-order chi connectivity index (χ0) is 15.2. The van der Waals surface area contributed by atoms with E-state index in [1.54, 1.807) is 18.3 Å². The molecule has 2 rings (SSSR count). The molecule has 0 saturated carbocycles. The fourth-order valence-electron chi connectivity index (χ4n) is 2.52. The number of allylic oxidation sites excluding steroid dienone is 1. The molecule has 1 aliphatic rings. The van der Waals surface area contributed by atoms with Crippen LogP contribution < -0.4 is 5.32 Å². The molecule has 1 aromatic heterocycles. The molecule has 0 unspecified atom stereocenters. The summed E-state index contributed by atoms with van der Waals surface area (Å²) < 4.78 is 4.89. The Kier molecular flexibility index (Phi) is 5.40. The maximum absolute atomic E-state index is 11.4. The van der Waals surface area contributed by atoms with Gasteiger partial charge < -0.3 is 10.1 Å². The van der Waals surface area contributed by atoms with Crippen LogP contribution in [0.5, 0.6) is 0 Å². The van der Waals surface area contributed by atoms with E-state index in [0.717, 1.165) is 29.8 Å². The van der Waals surface area contributed by atoms with Gasteiger partial charge in [-0.25, -0.2) is 4.79 Å². The van der Waals surface area contributed by atoms with Crippen LogP contribution in [0, 0.1) is 11.3 Å². The van der Waals surface area contributed by atoms with Gasteiger partial charge >= 0.3 is 5.97 Å². The highest BCUT2D eigenvalue weighted by molar-refractivity contribution is 7.16. The number of hydrogen-bond acceptors (Lipinski definition) is 5. The second-order valence-corrected chi connectivity index (χ2v) is 6.19. The highest BCUT2D eigenvalue weighted by Gasteiger charge is 2.19. The Morgan fingerprint density at radius 1 is 1.43 bits per heavy atom. The minimum Gasteiger partial charge on any atom is -0.463 e. The van der Waals surface area contributed by atoms with E-state index in [9.17, 15) is 10.1 Å². The van der Waals surface area contributed by atoms with E-state index in [2.05, 4.69) is 11.4 Å². The predicted octanol–water partition coefficient (Wildman–Crippen LogP) is 3.77. The van der Waals surface area contributed by atoms with Crippen molar-refractivity contribution in [3.63, 3.8) is 0 Å². The van der Waals surface area contributed by atoms with Crippen molar-refractivity contribution >= 4 is 22.3 Å². The van der Waals surface area contributed by atoms with Gasteiger partial charge in [-0.2, -0.15) is 5.26 Å². The Hall–Kier alpha value is -1.80. The highest BCUT2D eigenvalue weighted by atomic mass is 32.1. The summed E-state index contributed by atoms with van der Waals surface area (Å²) in [5, 5.41) is 13.5. The van der Waals surface area contributed by atoms with Gasteiger partial charge in [0.1, 0.15) is 11.1 Å². The Labute approximate surface area is 129 Å². The van der Waals surface area contributed by atoms with Gasteiger partial charge in [0, 0.05) is 16.7 Å². The standard InChI is InChI=1S/C16H20N2O2S/c1-3-20-15(19)9-11(2)18-16-13(10-17)12-7-5-4-6-8-14(12)21-16/h9,18H,3-8H2,1-2H3/b11-9+. The number of nitriles is 1. The molecule has 1 heterocycles. The zero-order valence-corrected chi connectivity index (χ0v) is 13.3. The lowest BCUT2D eigenvalue weighted by Gasteiger charge is -2.05. The van der Waals surface area contributed by atoms with Crippen LogP contribution in [-0.4, -0.2) is 12.6 Å². The first kappa shape index (κ1) is 15.6. The van der Waals surface area contributed by atoms with Crippen LogP contribution in [0.25, 0.3) is 0 Å². The second-order valence-electron chi connectivity index (χ2n) is 5.08. The predicted molar refractivity (Wildman–Crippen MR) is 84.3 cm³/mol. The van der Waals surface area contributed by atoms with Crippen molar-refractivity contribution in [3.05, 3.63) is 27.8 Å². The van der Waals surface area contributed by atoms with Gasteiger partial charge in [0.05, 0.1) is 12.2 Å². The number of thiophene rings is 1. The van der Waals surface area contributed by atoms with Crippen molar-refractivity contribution in [2.45, 2.75) is 46.0 Å². The molecule has 1 aliphatic carbocycles. The quantitative estimate of drug-likeness (QED) is 0.522. The van der Waals surface area contributed by atoms with Crippen molar-refractivity contribution in [1.82, 2.24) is 0 Å². The number of fused-ring (bicyclic) bond motifs is 1. The molecule has 0 aliphatic heterocycles. The Bertz CT molecular complexity index is 596. The van der Waals surface area contributed by atoms with Crippen molar-refractivity contribution < 1.29 is 9.53 Å². The first-order valence-corrected chi connectivity index (χ1v) is 8.14. The van der Waals surface area contributed by atoms with E-state index in [-0.39, 0.29) is 5.97 Å². The van der Waals surface area contributed by atoms with E-state index in [4.69, 9.17) is 4.74 Å². The topological polar surface area (TPSA) is 62.1 Å². The van der Waals surface area contributed by atoms with E-state index < -0.39 is 0 Å². The first-order valence-electron chi connectivity index (χ1n) is 7.32. The average Bonchev–Trinajstić information content (AvgIpc) is 2.59. The molecule has 4 nitrogen and oxygen atoms in total. The van der Waals surface area contributed by atoms with Gasteiger partial charge in [0.15, 0.2) is 0 Å².